The van der Waals surface area contributed by atoms with Crippen LogP contribution in [0.25, 0.3) is 0 Å². The number of hydrogen-bond donors (Lipinski definition) is 2. The normalized spacial score (nSPS) is 19.8. The first kappa shape index (κ1) is 18.0. The van der Waals surface area contributed by atoms with E-state index in [0.29, 0.717) is 18.5 Å². The Hall–Kier alpha value is -1.82. The van der Waals surface area contributed by atoms with Crippen LogP contribution >= 0.6 is 15.9 Å². The van der Waals surface area contributed by atoms with Gasteiger partial charge in [-0.05, 0) is 30.5 Å². The molecule has 1 aromatic carbocycles. The first-order chi connectivity index (χ1) is 12.2. The minimum absolute atomic E-state index is 0.436. The number of halogens is 1. The highest BCUT2D eigenvalue weighted by Gasteiger charge is 2.38. The summed E-state index contributed by atoms with van der Waals surface area (Å²) in [5.74, 6) is 2.34. The quantitative estimate of drug-likeness (QED) is 0.567. The van der Waals surface area contributed by atoms with Gasteiger partial charge in [0.2, 0.25) is 0 Å². The Morgan fingerprint density at radius 2 is 2.04 bits per heavy atom. The monoisotopic (exact) mass is 404 g/mol. The van der Waals surface area contributed by atoms with Gasteiger partial charge in [0, 0.05) is 42.0 Å². The molecule has 2 atom stereocenters. The van der Waals surface area contributed by atoms with E-state index in [4.69, 9.17) is 4.52 Å². The second-order valence-corrected chi connectivity index (χ2v) is 7.22. The Morgan fingerprint density at radius 3 is 2.68 bits per heavy atom. The van der Waals surface area contributed by atoms with E-state index in [0.717, 1.165) is 46.7 Å². The Labute approximate surface area is 157 Å². The molecule has 5 nitrogen and oxygen atoms in total. The van der Waals surface area contributed by atoms with Crippen molar-refractivity contribution < 1.29 is 4.52 Å². The fourth-order valence-corrected chi connectivity index (χ4v) is 3.38. The Kier molecular flexibility index (Phi) is 5.78. The first-order valence-electron chi connectivity index (χ1n) is 8.85. The summed E-state index contributed by atoms with van der Waals surface area (Å²) >= 11 is 3.49. The van der Waals surface area contributed by atoms with Gasteiger partial charge in [-0.2, -0.15) is 0 Å². The van der Waals surface area contributed by atoms with E-state index in [2.05, 4.69) is 74.8 Å². The molecule has 2 aromatic rings. The molecule has 0 spiro atoms. The molecule has 1 aliphatic carbocycles. The zero-order valence-corrected chi connectivity index (χ0v) is 16.6. The van der Waals surface area contributed by atoms with Gasteiger partial charge >= 0.3 is 0 Å². The van der Waals surface area contributed by atoms with Crippen molar-refractivity contribution in [3.05, 3.63) is 51.3 Å². The molecule has 1 heterocycles. The van der Waals surface area contributed by atoms with Crippen LogP contribution in [-0.4, -0.2) is 24.2 Å². The summed E-state index contributed by atoms with van der Waals surface area (Å²) in [6.07, 6.45) is 2.86. The summed E-state index contributed by atoms with van der Waals surface area (Å²) in [5.41, 5.74) is 3.56. The van der Waals surface area contributed by atoms with Gasteiger partial charge in [-0.1, -0.05) is 47.1 Å². The molecule has 1 saturated carbocycles. The lowest BCUT2D eigenvalue weighted by molar-refractivity contribution is 0.380. The molecule has 0 saturated heterocycles. The van der Waals surface area contributed by atoms with Crippen LogP contribution in [0.2, 0.25) is 0 Å². The maximum Gasteiger partial charge on any atom is 0.191 e. The van der Waals surface area contributed by atoms with Crippen LogP contribution < -0.4 is 10.6 Å². The minimum atomic E-state index is 0.436. The van der Waals surface area contributed by atoms with Crippen molar-refractivity contribution in [3.8, 4) is 0 Å². The molecule has 6 heteroatoms. The molecule has 25 heavy (non-hydrogen) atoms. The van der Waals surface area contributed by atoms with Crippen molar-refractivity contribution in [2.45, 2.75) is 51.6 Å². The van der Waals surface area contributed by atoms with Gasteiger partial charge in [0.15, 0.2) is 5.96 Å². The predicted molar refractivity (Wildman–Crippen MR) is 104 cm³/mol. The SMILES string of the molecule is CCc1noc(CC)c1CNC(=NC)NC1CC1c1ccc(Br)cc1. The highest BCUT2D eigenvalue weighted by atomic mass is 79.9. The van der Waals surface area contributed by atoms with Crippen LogP contribution in [0.4, 0.5) is 0 Å². The number of benzene rings is 1. The maximum absolute atomic E-state index is 5.43. The van der Waals surface area contributed by atoms with Crippen LogP contribution in [0.15, 0.2) is 38.3 Å². The third-order valence-electron chi connectivity index (χ3n) is 4.67. The average Bonchev–Trinajstić information content (AvgIpc) is 3.28. The lowest BCUT2D eigenvalue weighted by Gasteiger charge is -2.12. The van der Waals surface area contributed by atoms with Crippen LogP contribution in [0.3, 0.4) is 0 Å². The number of nitrogens with zero attached hydrogens (tertiary/aromatic N) is 2. The first-order valence-corrected chi connectivity index (χ1v) is 9.64. The number of guanidine groups is 1. The third kappa shape index (κ3) is 4.24. The summed E-state index contributed by atoms with van der Waals surface area (Å²) in [6.45, 7) is 4.87. The number of aromatic nitrogens is 1. The van der Waals surface area contributed by atoms with Crippen molar-refractivity contribution in [3.63, 3.8) is 0 Å². The molecule has 2 N–H and O–H groups in total. The van der Waals surface area contributed by atoms with E-state index >= 15 is 0 Å². The zero-order valence-electron chi connectivity index (χ0n) is 15.0. The van der Waals surface area contributed by atoms with Gasteiger partial charge in [-0.25, -0.2) is 0 Å². The fourth-order valence-electron chi connectivity index (χ4n) is 3.11. The molecule has 1 aromatic heterocycles. The summed E-state index contributed by atoms with van der Waals surface area (Å²) in [4.78, 5) is 4.36. The lowest BCUT2D eigenvalue weighted by atomic mass is 10.1. The van der Waals surface area contributed by atoms with Crippen LogP contribution in [0.5, 0.6) is 0 Å². The van der Waals surface area contributed by atoms with E-state index < -0.39 is 0 Å². The molecule has 134 valence electrons. The lowest BCUT2D eigenvalue weighted by Crippen LogP contribution is -2.38. The smallest absolute Gasteiger partial charge is 0.191 e. The summed E-state index contributed by atoms with van der Waals surface area (Å²) in [7, 11) is 1.81. The molecule has 1 aliphatic rings. The van der Waals surface area contributed by atoms with Crippen molar-refractivity contribution in [2.75, 3.05) is 7.05 Å². The van der Waals surface area contributed by atoms with Gasteiger partial charge in [0.05, 0.1) is 5.69 Å². The van der Waals surface area contributed by atoms with E-state index in [1.54, 1.807) is 7.05 Å². The van der Waals surface area contributed by atoms with Crippen LogP contribution in [-0.2, 0) is 19.4 Å². The molecule has 0 aliphatic heterocycles. The molecule has 0 amide bonds. The average molecular weight is 405 g/mol. The van der Waals surface area contributed by atoms with Gasteiger partial charge < -0.3 is 15.2 Å². The number of hydrogen-bond acceptors (Lipinski definition) is 3. The minimum Gasteiger partial charge on any atom is -0.361 e. The molecular formula is C19H25BrN4O. The maximum atomic E-state index is 5.43. The molecule has 0 radical (unpaired) electrons. The third-order valence-corrected chi connectivity index (χ3v) is 5.20. The molecule has 2 unspecified atom stereocenters. The Balaban J connectivity index is 1.56. The largest absolute Gasteiger partial charge is 0.361 e. The topological polar surface area (TPSA) is 62.5 Å². The zero-order chi connectivity index (χ0) is 17.8. The highest BCUT2D eigenvalue weighted by molar-refractivity contribution is 9.10. The summed E-state index contributed by atoms with van der Waals surface area (Å²) in [6, 6.07) is 9.01. The van der Waals surface area contributed by atoms with E-state index in [-0.39, 0.29) is 0 Å². The summed E-state index contributed by atoms with van der Waals surface area (Å²) in [5, 5.41) is 11.1. The standard InChI is InChI=1S/C19H25BrN4O/c1-4-16-15(18(5-2)25-24-16)11-22-19(21-3)23-17-10-14(17)12-6-8-13(20)9-7-12/h6-9,14,17H,4-5,10-11H2,1-3H3,(H2,21,22,23). The number of nitrogens with one attached hydrogen (secondary N) is 2. The Morgan fingerprint density at radius 1 is 1.28 bits per heavy atom. The molecule has 3 rings (SSSR count). The molecular weight excluding hydrogens is 380 g/mol. The predicted octanol–water partition coefficient (Wildman–Crippen LogP) is 3.78. The van der Waals surface area contributed by atoms with E-state index in [9.17, 15) is 0 Å². The van der Waals surface area contributed by atoms with Gasteiger partial charge in [-0.3, -0.25) is 4.99 Å². The van der Waals surface area contributed by atoms with Crippen molar-refractivity contribution in [2.24, 2.45) is 4.99 Å². The molecule has 1 fully saturated rings. The van der Waals surface area contributed by atoms with Gasteiger partial charge in [-0.15, -0.1) is 0 Å². The van der Waals surface area contributed by atoms with Gasteiger partial charge in [0.25, 0.3) is 0 Å². The van der Waals surface area contributed by atoms with Crippen molar-refractivity contribution in [1.82, 2.24) is 15.8 Å². The Bertz CT molecular complexity index is 717. The van der Waals surface area contributed by atoms with Crippen molar-refractivity contribution in [1.29, 1.82) is 0 Å². The summed E-state index contributed by atoms with van der Waals surface area (Å²) < 4.78 is 6.54. The second kappa shape index (κ2) is 8.04. The number of rotatable bonds is 6. The van der Waals surface area contributed by atoms with Gasteiger partial charge in [0.1, 0.15) is 5.76 Å². The van der Waals surface area contributed by atoms with Crippen LogP contribution in [0, 0.1) is 0 Å². The second-order valence-electron chi connectivity index (χ2n) is 6.31. The van der Waals surface area contributed by atoms with Crippen molar-refractivity contribution >= 4 is 21.9 Å². The molecule has 0 bridgehead atoms. The van der Waals surface area contributed by atoms with Crippen LogP contribution in [0.1, 0.15) is 48.8 Å². The number of aryl methyl sites for hydroxylation is 2. The number of aliphatic imine (C=N–C) groups is 1. The fraction of sp³-hybridized carbons (Fsp3) is 0.474. The van der Waals surface area contributed by atoms with E-state index in [1.165, 1.54) is 5.56 Å². The highest BCUT2D eigenvalue weighted by Crippen LogP contribution is 2.40. The van der Waals surface area contributed by atoms with E-state index in [1.807, 2.05) is 0 Å².